The summed E-state index contributed by atoms with van der Waals surface area (Å²) in [5.41, 5.74) is 0.777. The van der Waals surface area contributed by atoms with Crippen molar-refractivity contribution >= 4 is 5.78 Å². The number of hydrogen-bond acceptors (Lipinski definition) is 2. The zero-order valence-electron chi connectivity index (χ0n) is 8.53. The Balaban J connectivity index is 2.85. The fourth-order valence-corrected chi connectivity index (χ4v) is 1.51. The van der Waals surface area contributed by atoms with Gasteiger partial charge in [0.05, 0.1) is 6.07 Å². The monoisotopic (exact) mass is 205 g/mol. The lowest BCUT2D eigenvalue weighted by Crippen LogP contribution is -2.08. The van der Waals surface area contributed by atoms with E-state index in [2.05, 4.69) is 0 Å². The van der Waals surface area contributed by atoms with Crippen LogP contribution in [0.25, 0.3) is 0 Å². The number of halogens is 1. The molecule has 0 saturated heterocycles. The van der Waals surface area contributed by atoms with Gasteiger partial charge in [-0.2, -0.15) is 5.26 Å². The molecular weight excluding hydrogens is 193 g/mol. The summed E-state index contributed by atoms with van der Waals surface area (Å²) in [5, 5.41) is 8.47. The van der Waals surface area contributed by atoms with E-state index in [-0.39, 0.29) is 17.5 Å². The number of carbonyl (C=O) groups excluding carboxylic acids is 1. The Morgan fingerprint density at radius 3 is 2.53 bits per heavy atom. The fraction of sp³-hybridized carbons (Fsp3) is 0.333. The minimum Gasteiger partial charge on any atom is -0.299 e. The fourth-order valence-electron chi connectivity index (χ4n) is 1.51. The van der Waals surface area contributed by atoms with Gasteiger partial charge in [-0.3, -0.25) is 4.79 Å². The van der Waals surface area contributed by atoms with Gasteiger partial charge in [-0.15, -0.1) is 0 Å². The van der Waals surface area contributed by atoms with Crippen molar-refractivity contribution in [3.8, 4) is 6.07 Å². The molecule has 1 atom stereocenters. The summed E-state index contributed by atoms with van der Waals surface area (Å²) in [6.07, 6.45) is 0.832. The molecule has 0 aliphatic heterocycles. The van der Waals surface area contributed by atoms with Gasteiger partial charge in [-0.1, -0.05) is 12.1 Å². The Bertz CT molecular complexity index is 378. The number of ketones is 1. The maximum Gasteiger partial charge on any atom is 0.137 e. The molecule has 0 heterocycles. The van der Waals surface area contributed by atoms with E-state index in [0.717, 1.165) is 5.56 Å². The number of hydrogen-bond donors (Lipinski definition) is 0. The normalized spacial score (nSPS) is 11.8. The van der Waals surface area contributed by atoms with Crippen LogP contribution in [0, 0.1) is 17.1 Å². The van der Waals surface area contributed by atoms with Gasteiger partial charge in [-0.25, -0.2) is 4.39 Å². The van der Waals surface area contributed by atoms with E-state index in [1.54, 1.807) is 12.1 Å². The van der Waals surface area contributed by atoms with Gasteiger partial charge in [-0.05, 0) is 31.0 Å². The minimum absolute atomic E-state index is 0.0110. The summed E-state index contributed by atoms with van der Waals surface area (Å²) in [5.74, 6) is -0.594. The first-order valence-electron chi connectivity index (χ1n) is 4.78. The van der Waals surface area contributed by atoms with Crippen LogP contribution in [0.15, 0.2) is 24.3 Å². The lowest BCUT2D eigenvalue weighted by atomic mass is 9.91. The van der Waals surface area contributed by atoms with Crippen LogP contribution in [0.3, 0.4) is 0 Å². The second-order valence-corrected chi connectivity index (χ2v) is 3.41. The quantitative estimate of drug-likeness (QED) is 0.758. The summed E-state index contributed by atoms with van der Waals surface area (Å²) in [6, 6.07) is 7.86. The van der Waals surface area contributed by atoms with Crippen LogP contribution < -0.4 is 0 Å². The highest BCUT2D eigenvalue weighted by Gasteiger charge is 2.15. The van der Waals surface area contributed by atoms with E-state index >= 15 is 0 Å². The molecule has 0 aliphatic rings. The van der Waals surface area contributed by atoms with Crippen molar-refractivity contribution in [3.05, 3.63) is 35.6 Å². The first-order valence-corrected chi connectivity index (χ1v) is 4.78. The third-order valence-corrected chi connectivity index (χ3v) is 2.31. The van der Waals surface area contributed by atoms with Gasteiger partial charge < -0.3 is 0 Å². The van der Waals surface area contributed by atoms with Crippen LogP contribution in [-0.4, -0.2) is 5.78 Å². The molecule has 0 saturated carbocycles. The number of nitrogens with zero attached hydrogens (tertiary/aromatic N) is 1. The van der Waals surface area contributed by atoms with Crippen molar-refractivity contribution in [1.29, 1.82) is 5.26 Å². The number of Topliss-reactive ketones (excluding diaryl/α,β-unsaturated/α-hetero) is 1. The molecule has 0 radical (unpaired) electrons. The van der Waals surface area contributed by atoms with Crippen LogP contribution >= 0.6 is 0 Å². The Morgan fingerprint density at radius 2 is 2.07 bits per heavy atom. The van der Waals surface area contributed by atoms with E-state index < -0.39 is 0 Å². The summed E-state index contributed by atoms with van der Waals surface area (Å²) in [4.78, 5) is 11.3. The molecular formula is C12H12FNO. The molecule has 0 fully saturated rings. The number of carbonyl (C=O) groups is 1. The summed E-state index contributed by atoms with van der Waals surface area (Å²) in [6.45, 7) is 1.49. The van der Waals surface area contributed by atoms with Crippen LogP contribution in [0.4, 0.5) is 4.39 Å². The van der Waals surface area contributed by atoms with E-state index in [1.165, 1.54) is 19.1 Å². The first-order chi connectivity index (χ1) is 7.15. The number of rotatable bonds is 4. The smallest absolute Gasteiger partial charge is 0.137 e. The predicted molar refractivity (Wildman–Crippen MR) is 54.7 cm³/mol. The predicted octanol–water partition coefficient (Wildman–Crippen LogP) is 2.80. The molecule has 0 spiro atoms. The van der Waals surface area contributed by atoms with Crippen LogP contribution in [0.1, 0.15) is 31.2 Å². The summed E-state index contributed by atoms with van der Waals surface area (Å²) < 4.78 is 12.7. The molecule has 0 bridgehead atoms. The second-order valence-electron chi connectivity index (χ2n) is 3.41. The highest BCUT2D eigenvalue weighted by Crippen LogP contribution is 2.22. The standard InChI is InChI=1S/C12H12FNO/c1-9(15)12(3-2-8-14)10-4-6-11(13)7-5-10/h4-7,12H,2-3H2,1H3. The highest BCUT2D eigenvalue weighted by molar-refractivity contribution is 5.83. The lowest BCUT2D eigenvalue weighted by Gasteiger charge is -2.11. The van der Waals surface area contributed by atoms with Gasteiger partial charge in [0.1, 0.15) is 11.6 Å². The molecule has 78 valence electrons. The second kappa shape index (κ2) is 5.26. The lowest BCUT2D eigenvalue weighted by molar-refractivity contribution is -0.118. The topological polar surface area (TPSA) is 40.9 Å². The Hall–Kier alpha value is -1.69. The van der Waals surface area contributed by atoms with Gasteiger partial charge in [0.2, 0.25) is 0 Å². The van der Waals surface area contributed by atoms with E-state index in [0.29, 0.717) is 12.8 Å². The zero-order valence-corrected chi connectivity index (χ0v) is 8.53. The molecule has 0 N–H and O–H groups in total. The molecule has 1 unspecified atom stereocenters. The SMILES string of the molecule is CC(=O)C(CCC#N)c1ccc(F)cc1. The first kappa shape index (κ1) is 11.4. The molecule has 0 aliphatic carbocycles. The molecule has 15 heavy (non-hydrogen) atoms. The van der Waals surface area contributed by atoms with Gasteiger partial charge in [0.25, 0.3) is 0 Å². The number of benzene rings is 1. The number of nitriles is 1. The third kappa shape index (κ3) is 3.17. The average molecular weight is 205 g/mol. The molecule has 2 nitrogen and oxygen atoms in total. The van der Waals surface area contributed by atoms with Crippen LogP contribution in [-0.2, 0) is 4.79 Å². The van der Waals surface area contributed by atoms with Crippen molar-refractivity contribution in [2.75, 3.05) is 0 Å². The van der Waals surface area contributed by atoms with Gasteiger partial charge in [0.15, 0.2) is 0 Å². The van der Waals surface area contributed by atoms with Crippen LogP contribution in [0.2, 0.25) is 0 Å². The largest absolute Gasteiger partial charge is 0.299 e. The Morgan fingerprint density at radius 1 is 1.47 bits per heavy atom. The van der Waals surface area contributed by atoms with E-state index in [9.17, 15) is 9.18 Å². The van der Waals surface area contributed by atoms with E-state index in [4.69, 9.17) is 5.26 Å². The Labute approximate surface area is 88.3 Å². The molecule has 1 aromatic carbocycles. The highest BCUT2D eigenvalue weighted by atomic mass is 19.1. The molecule has 3 heteroatoms. The zero-order chi connectivity index (χ0) is 11.3. The van der Waals surface area contributed by atoms with Crippen molar-refractivity contribution < 1.29 is 9.18 Å². The van der Waals surface area contributed by atoms with Crippen molar-refractivity contribution in [2.45, 2.75) is 25.7 Å². The van der Waals surface area contributed by atoms with Crippen molar-refractivity contribution in [3.63, 3.8) is 0 Å². The minimum atomic E-state index is -0.318. The van der Waals surface area contributed by atoms with Gasteiger partial charge >= 0.3 is 0 Å². The molecule has 1 rings (SSSR count). The maximum absolute atomic E-state index is 12.7. The summed E-state index contributed by atoms with van der Waals surface area (Å²) in [7, 11) is 0. The van der Waals surface area contributed by atoms with Gasteiger partial charge in [0, 0.05) is 12.3 Å². The van der Waals surface area contributed by atoms with E-state index in [1.807, 2.05) is 6.07 Å². The average Bonchev–Trinajstić information content (AvgIpc) is 2.21. The molecule has 0 aromatic heterocycles. The molecule has 1 aromatic rings. The molecule has 0 amide bonds. The Kier molecular flexibility index (Phi) is 3.99. The third-order valence-electron chi connectivity index (χ3n) is 2.31. The summed E-state index contributed by atoms with van der Waals surface area (Å²) >= 11 is 0. The maximum atomic E-state index is 12.7. The van der Waals surface area contributed by atoms with Crippen LogP contribution in [0.5, 0.6) is 0 Å². The van der Waals surface area contributed by atoms with Crippen molar-refractivity contribution in [1.82, 2.24) is 0 Å². The van der Waals surface area contributed by atoms with Crippen molar-refractivity contribution in [2.24, 2.45) is 0 Å².